The van der Waals surface area contributed by atoms with Crippen molar-refractivity contribution >= 4 is 33.7 Å². The Bertz CT molecular complexity index is 870. The summed E-state index contributed by atoms with van der Waals surface area (Å²) in [6, 6.07) is 8.92. The number of carbonyl (C=O) groups excluding carboxylic acids is 1. The van der Waals surface area contributed by atoms with E-state index in [0.29, 0.717) is 34.7 Å². The minimum atomic E-state index is -0.563. The quantitative estimate of drug-likeness (QED) is 0.384. The summed E-state index contributed by atoms with van der Waals surface area (Å²) in [7, 11) is 0. The highest BCUT2D eigenvalue weighted by atomic mass is 79.9. The first-order chi connectivity index (χ1) is 13.0. The molecule has 0 aromatic heterocycles. The maximum atomic E-state index is 12.1. The van der Waals surface area contributed by atoms with E-state index in [1.165, 1.54) is 30.5 Å². The molecule has 0 saturated heterocycles. The van der Waals surface area contributed by atoms with E-state index >= 15 is 0 Å². The van der Waals surface area contributed by atoms with Crippen molar-refractivity contribution in [3.63, 3.8) is 0 Å². The number of nitrogens with one attached hydrogen (secondary N) is 1. The monoisotopic (exact) mass is 435 g/mol. The number of nitrogens with zero attached hydrogens (tertiary/aromatic N) is 2. The van der Waals surface area contributed by atoms with Crippen molar-refractivity contribution in [3.05, 3.63) is 62.1 Å². The van der Waals surface area contributed by atoms with Gasteiger partial charge in [-0.3, -0.25) is 14.9 Å². The molecule has 0 bridgehead atoms. The second-order valence-corrected chi connectivity index (χ2v) is 6.06. The molecular weight excluding hydrogens is 418 g/mol. The van der Waals surface area contributed by atoms with Crippen LogP contribution in [-0.2, 0) is 0 Å². The molecule has 142 valence electrons. The Labute approximate surface area is 164 Å². The van der Waals surface area contributed by atoms with Crippen molar-refractivity contribution in [2.45, 2.75) is 13.8 Å². The van der Waals surface area contributed by atoms with Crippen LogP contribution in [0.4, 0.5) is 5.69 Å². The molecule has 2 rings (SSSR count). The van der Waals surface area contributed by atoms with Gasteiger partial charge in [-0.05, 0) is 53.5 Å². The molecule has 0 aliphatic rings. The summed E-state index contributed by atoms with van der Waals surface area (Å²) in [5, 5.41) is 14.7. The summed E-state index contributed by atoms with van der Waals surface area (Å²) in [6.07, 6.45) is 1.44. The molecule has 9 heteroatoms. The fourth-order valence-electron chi connectivity index (χ4n) is 2.20. The van der Waals surface area contributed by atoms with Crippen LogP contribution in [0.1, 0.15) is 29.8 Å². The van der Waals surface area contributed by atoms with Crippen molar-refractivity contribution < 1.29 is 19.2 Å². The lowest BCUT2D eigenvalue weighted by molar-refractivity contribution is -0.384. The van der Waals surface area contributed by atoms with Gasteiger partial charge in [0.1, 0.15) is 0 Å². The van der Waals surface area contributed by atoms with E-state index in [-0.39, 0.29) is 11.3 Å². The van der Waals surface area contributed by atoms with E-state index in [0.717, 1.165) is 0 Å². The van der Waals surface area contributed by atoms with E-state index in [1.807, 2.05) is 13.8 Å². The Morgan fingerprint density at radius 2 is 2.00 bits per heavy atom. The van der Waals surface area contributed by atoms with Crippen LogP contribution < -0.4 is 14.9 Å². The molecule has 0 radical (unpaired) electrons. The van der Waals surface area contributed by atoms with E-state index < -0.39 is 10.8 Å². The maximum Gasteiger partial charge on any atom is 0.271 e. The van der Waals surface area contributed by atoms with Gasteiger partial charge in [0.2, 0.25) is 0 Å². The number of nitro benzene ring substituents is 1. The largest absolute Gasteiger partial charge is 0.490 e. The summed E-state index contributed by atoms with van der Waals surface area (Å²) in [6.45, 7) is 4.70. The van der Waals surface area contributed by atoms with Gasteiger partial charge in [0.05, 0.1) is 28.8 Å². The fraction of sp³-hybridized carbons (Fsp3) is 0.222. The highest BCUT2D eigenvalue weighted by Crippen LogP contribution is 2.36. The third kappa shape index (κ3) is 5.52. The Morgan fingerprint density at radius 1 is 1.26 bits per heavy atom. The van der Waals surface area contributed by atoms with Gasteiger partial charge in [-0.25, -0.2) is 5.43 Å². The van der Waals surface area contributed by atoms with Crippen molar-refractivity contribution in [1.29, 1.82) is 0 Å². The first kappa shape index (κ1) is 20.4. The topological polar surface area (TPSA) is 103 Å². The summed E-state index contributed by atoms with van der Waals surface area (Å²) >= 11 is 3.43. The first-order valence-corrected chi connectivity index (χ1v) is 8.92. The third-order valence-electron chi connectivity index (χ3n) is 3.32. The molecule has 8 nitrogen and oxygen atoms in total. The zero-order valence-corrected chi connectivity index (χ0v) is 16.4. The van der Waals surface area contributed by atoms with E-state index in [1.54, 1.807) is 12.1 Å². The van der Waals surface area contributed by atoms with E-state index in [9.17, 15) is 14.9 Å². The predicted molar refractivity (Wildman–Crippen MR) is 105 cm³/mol. The molecule has 2 aromatic rings. The summed E-state index contributed by atoms with van der Waals surface area (Å²) in [5.74, 6) is 0.599. The molecule has 0 heterocycles. The lowest BCUT2D eigenvalue weighted by atomic mass is 10.2. The molecule has 0 aliphatic heterocycles. The van der Waals surface area contributed by atoms with Gasteiger partial charge in [0, 0.05) is 17.7 Å². The number of non-ortho nitro benzene ring substituents is 1. The smallest absolute Gasteiger partial charge is 0.271 e. The molecule has 0 aliphatic carbocycles. The number of amides is 1. The standard InChI is InChI=1S/C18H18BrN3O5/c1-3-26-16-9-12(8-15(19)17(16)27-4-2)11-20-21-18(23)13-6-5-7-14(10-13)22(24)25/h5-11H,3-4H2,1-2H3,(H,21,23)/b20-11-. The average molecular weight is 436 g/mol. The lowest BCUT2D eigenvalue weighted by Crippen LogP contribution is -2.17. The zero-order valence-electron chi connectivity index (χ0n) is 14.8. The Balaban J connectivity index is 2.14. The Kier molecular flexibility index (Phi) is 7.30. The molecular formula is C18H18BrN3O5. The van der Waals surface area contributed by atoms with Crippen LogP contribution in [0.5, 0.6) is 11.5 Å². The van der Waals surface area contributed by atoms with Crippen molar-refractivity contribution in [2.24, 2.45) is 5.10 Å². The number of benzene rings is 2. The second-order valence-electron chi connectivity index (χ2n) is 5.20. The summed E-state index contributed by atoms with van der Waals surface area (Å²) < 4.78 is 11.8. The molecule has 1 amide bonds. The highest BCUT2D eigenvalue weighted by Gasteiger charge is 2.12. The Morgan fingerprint density at radius 3 is 2.67 bits per heavy atom. The number of ether oxygens (including phenoxy) is 2. The second kappa shape index (κ2) is 9.67. The predicted octanol–water partition coefficient (Wildman–Crippen LogP) is 3.92. The maximum absolute atomic E-state index is 12.1. The molecule has 27 heavy (non-hydrogen) atoms. The summed E-state index contributed by atoms with van der Waals surface area (Å²) in [4.78, 5) is 22.3. The minimum absolute atomic E-state index is 0.143. The molecule has 0 atom stereocenters. The minimum Gasteiger partial charge on any atom is -0.490 e. The number of hydrogen-bond donors (Lipinski definition) is 1. The van der Waals surface area contributed by atoms with Crippen LogP contribution in [0.3, 0.4) is 0 Å². The van der Waals surface area contributed by atoms with Crippen LogP contribution in [0.15, 0.2) is 46.0 Å². The molecule has 1 N–H and O–H groups in total. The summed E-state index contributed by atoms with van der Waals surface area (Å²) in [5.41, 5.74) is 3.00. The lowest BCUT2D eigenvalue weighted by Gasteiger charge is -2.13. The number of carbonyl (C=O) groups is 1. The fourth-order valence-corrected chi connectivity index (χ4v) is 2.77. The number of rotatable bonds is 8. The number of halogens is 1. The highest BCUT2D eigenvalue weighted by molar-refractivity contribution is 9.10. The normalized spacial score (nSPS) is 10.6. The zero-order chi connectivity index (χ0) is 19.8. The van der Waals surface area contributed by atoms with Gasteiger partial charge in [0.15, 0.2) is 11.5 Å². The van der Waals surface area contributed by atoms with Gasteiger partial charge in [0.25, 0.3) is 11.6 Å². The first-order valence-electron chi connectivity index (χ1n) is 8.13. The molecule has 0 spiro atoms. The SMILES string of the molecule is CCOc1cc(/C=N\NC(=O)c2cccc([N+](=O)[O-])c2)cc(Br)c1OCC. The Hall–Kier alpha value is -2.94. The molecule has 2 aromatic carbocycles. The number of nitro groups is 1. The van der Waals surface area contributed by atoms with Gasteiger partial charge in [-0.1, -0.05) is 6.07 Å². The number of hydrazone groups is 1. The van der Waals surface area contributed by atoms with Crippen molar-refractivity contribution in [3.8, 4) is 11.5 Å². The molecule has 0 fully saturated rings. The van der Waals surface area contributed by atoms with E-state index in [2.05, 4.69) is 26.5 Å². The van der Waals surface area contributed by atoms with Gasteiger partial charge in [-0.2, -0.15) is 5.10 Å². The van der Waals surface area contributed by atoms with E-state index in [4.69, 9.17) is 9.47 Å². The van der Waals surface area contributed by atoms with Crippen LogP contribution in [0.2, 0.25) is 0 Å². The van der Waals surface area contributed by atoms with Crippen LogP contribution in [0, 0.1) is 10.1 Å². The van der Waals surface area contributed by atoms with Crippen LogP contribution >= 0.6 is 15.9 Å². The van der Waals surface area contributed by atoms with Crippen LogP contribution in [0.25, 0.3) is 0 Å². The third-order valence-corrected chi connectivity index (χ3v) is 3.91. The molecule has 0 unspecified atom stereocenters. The van der Waals surface area contributed by atoms with Gasteiger partial charge >= 0.3 is 0 Å². The van der Waals surface area contributed by atoms with Crippen LogP contribution in [-0.4, -0.2) is 30.3 Å². The molecule has 0 saturated carbocycles. The van der Waals surface area contributed by atoms with Gasteiger partial charge < -0.3 is 9.47 Å². The van der Waals surface area contributed by atoms with Gasteiger partial charge in [-0.15, -0.1) is 0 Å². The number of hydrogen-bond acceptors (Lipinski definition) is 6. The van der Waals surface area contributed by atoms with Crippen molar-refractivity contribution in [1.82, 2.24) is 5.43 Å². The average Bonchev–Trinajstić information content (AvgIpc) is 2.64. The van der Waals surface area contributed by atoms with Crippen molar-refractivity contribution in [2.75, 3.05) is 13.2 Å².